The summed E-state index contributed by atoms with van der Waals surface area (Å²) in [6.45, 7) is 0.0630. The molecule has 1 heterocycles. The van der Waals surface area contributed by atoms with Gasteiger partial charge in [0.05, 0.1) is 12.2 Å². The molecule has 0 radical (unpaired) electrons. The molecule has 1 saturated heterocycles. The average Bonchev–Trinajstić information content (AvgIpc) is 2.76. The zero-order valence-electron chi connectivity index (χ0n) is 10.8. The number of hydrogen-bond acceptors (Lipinski definition) is 4. The maximum absolute atomic E-state index is 12.4. The van der Waals surface area contributed by atoms with Crippen LogP contribution in [0.25, 0.3) is 0 Å². The fourth-order valence-corrected chi connectivity index (χ4v) is 2.21. The van der Waals surface area contributed by atoms with Crippen molar-refractivity contribution in [3.63, 3.8) is 0 Å². The number of rotatable bonds is 3. The molecular formula is C13H17N3O4. The van der Waals surface area contributed by atoms with Crippen molar-refractivity contribution in [3.8, 4) is 0 Å². The quantitative estimate of drug-likeness (QED) is 0.565. The highest BCUT2D eigenvalue weighted by Gasteiger charge is 2.36. The van der Waals surface area contributed by atoms with Gasteiger partial charge in [0.25, 0.3) is 0 Å². The molecule has 2 rings (SSSR count). The van der Waals surface area contributed by atoms with Crippen molar-refractivity contribution in [1.29, 1.82) is 0 Å². The van der Waals surface area contributed by atoms with Crippen LogP contribution in [0.15, 0.2) is 30.3 Å². The number of benzene rings is 1. The average molecular weight is 279 g/mol. The predicted octanol–water partition coefficient (Wildman–Crippen LogP) is -1.04. The fourth-order valence-electron chi connectivity index (χ4n) is 2.21. The molecule has 0 aliphatic carbocycles. The second kappa shape index (κ2) is 5.89. The molecule has 0 spiro atoms. The Balaban J connectivity index is 2.19. The lowest BCUT2D eigenvalue weighted by Gasteiger charge is -2.23. The molecule has 0 bridgehead atoms. The summed E-state index contributed by atoms with van der Waals surface area (Å²) < 4.78 is 0. The van der Waals surface area contributed by atoms with Crippen molar-refractivity contribution in [1.82, 2.24) is 10.2 Å². The number of nitrogens with two attached hydrogens (primary N) is 1. The first-order valence-electron chi connectivity index (χ1n) is 6.25. The van der Waals surface area contributed by atoms with Gasteiger partial charge in [-0.25, -0.2) is 4.79 Å². The van der Waals surface area contributed by atoms with E-state index in [1.54, 1.807) is 30.3 Å². The molecule has 20 heavy (non-hydrogen) atoms. The molecule has 3 unspecified atom stereocenters. The Kier molecular flexibility index (Phi) is 4.21. The molecule has 1 aliphatic heterocycles. The van der Waals surface area contributed by atoms with Gasteiger partial charge in [-0.1, -0.05) is 30.3 Å². The van der Waals surface area contributed by atoms with Crippen LogP contribution in [0, 0.1) is 0 Å². The van der Waals surface area contributed by atoms with Gasteiger partial charge in [-0.15, -0.1) is 0 Å². The van der Waals surface area contributed by atoms with Crippen LogP contribution in [0.2, 0.25) is 0 Å². The summed E-state index contributed by atoms with van der Waals surface area (Å²) in [6, 6.07) is 6.93. The van der Waals surface area contributed by atoms with E-state index in [1.165, 1.54) is 4.90 Å². The van der Waals surface area contributed by atoms with Crippen molar-refractivity contribution in [2.24, 2.45) is 5.73 Å². The third-order valence-electron chi connectivity index (χ3n) is 3.24. The third kappa shape index (κ3) is 3.06. The summed E-state index contributed by atoms with van der Waals surface area (Å²) in [5, 5.41) is 21.4. The number of β-amino-alcohol motifs (C(OH)–C–C–N with tert-alkyl or cyclic N) is 2. The zero-order chi connectivity index (χ0) is 14.7. The minimum Gasteiger partial charge on any atom is -0.388 e. The van der Waals surface area contributed by atoms with E-state index in [4.69, 9.17) is 5.73 Å². The van der Waals surface area contributed by atoms with Crippen LogP contribution in [0.1, 0.15) is 11.6 Å². The van der Waals surface area contributed by atoms with Crippen molar-refractivity contribution >= 4 is 11.9 Å². The molecule has 3 atom stereocenters. The van der Waals surface area contributed by atoms with Gasteiger partial charge in [-0.3, -0.25) is 4.79 Å². The van der Waals surface area contributed by atoms with Gasteiger partial charge in [0.15, 0.2) is 0 Å². The second-order valence-corrected chi connectivity index (χ2v) is 4.73. The van der Waals surface area contributed by atoms with Crippen molar-refractivity contribution in [2.75, 3.05) is 13.1 Å². The SMILES string of the molecule is NC(=O)NC(C(=O)N1CC(O)C(O)C1)c1ccccc1. The van der Waals surface area contributed by atoms with E-state index >= 15 is 0 Å². The van der Waals surface area contributed by atoms with E-state index in [9.17, 15) is 19.8 Å². The van der Waals surface area contributed by atoms with Crippen molar-refractivity contribution in [3.05, 3.63) is 35.9 Å². The van der Waals surface area contributed by atoms with Crippen LogP contribution < -0.4 is 11.1 Å². The highest BCUT2D eigenvalue weighted by molar-refractivity contribution is 5.88. The number of aliphatic hydroxyl groups excluding tert-OH is 2. The number of urea groups is 1. The second-order valence-electron chi connectivity index (χ2n) is 4.73. The number of hydrogen-bond donors (Lipinski definition) is 4. The normalized spacial score (nSPS) is 23.4. The summed E-state index contributed by atoms with van der Waals surface area (Å²) >= 11 is 0. The predicted molar refractivity (Wildman–Crippen MR) is 70.5 cm³/mol. The molecule has 7 nitrogen and oxygen atoms in total. The Bertz CT molecular complexity index is 484. The van der Waals surface area contributed by atoms with Crippen LogP contribution in [-0.2, 0) is 4.79 Å². The largest absolute Gasteiger partial charge is 0.388 e. The van der Waals surface area contributed by atoms with Crippen LogP contribution in [0.5, 0.6) is 0 Å². The van der Waals surface area contributed by atoms with Gasteiger partial charge in [0.2, 0.25) is 5.91 Å². The molecule has 1 aromatic carbocycles. The van der Waals surface area contributed by atoms with Crippen molar-refractivity contribution in [2.45, 2.75) is 18.2 Å². The Morgan fingerprint density at radius 1 is 1.20 bits per heavy atom. The standard InChI is InChI=1S/C13H17N3O4/c14-13(20)15-11(8-4-2-1-3-5-8)12(19)16-6-9(17)10(18)7-16/h1-5,9-11,17-18H,6-7H2,(H3,14,15,20). The van der Waals surface area contributed by atoms with Crippen LogP contribution >= 0.6 is 0 Å². The highest BCUT2D eigenvalue weighted by atomic mass is 16.3. The maximum atomic E-state index is 12.4. The Hall–Kier alpha value is -2.12. The first kappa shape index (κ1) is 14.3. The Morgan fingerprint density at radius 3 is 2.25 bits per heavy atom. The smallest absolute Gasteiger partial charge is 0.313 e. The molecule has 3 amide bonds. The van der Waals surface area contributed by atoms with Crippen LogP contribution in [0.4, 0.5) is 4.79 Å². The van der Waals surface area contributed by atoms with E-state index in [0.717, 1.165) is 0 Å². The number of nitrogens with zero attached hydrogens (tertiary/aromatic N) is 1. The molecule has 5 N–H and O–H groups in total. The van der Waals surface area contributed by atoms with Gasteiger partial charge in [0.1, 0.15) is 6.04 Å². The molecule has 1 aliphatic rings. The molecule has 0 saturated carbocycles. The van der Waals surface area contributed by atoms with E-state index in [-0.39, 0.29) is 13.1 Å². The number of carbonyl (C=O) groups excluding carboxylic acids is 2. The summed E-state index contributed by atoms with van der Waals surface area (Å²) in [6.07, 6.45) is -1.94. The molecule has 1 aromatic rings. The summed E-state index contributed by atoms with van der Waals surface area (Å²) in [5.41, 5.74) is 5.69. The van der Waals surface area contributed by atoms with E-state index in [2.05, 4.69) is 5.32 Å². The Morgan fingerprint density at radius 2 is 1.75 bits per heavy atom. The van der Waals surface area contributed by atoms with E-state index in [1.807, 2.05) is 0 Å². The summed E-state index contributed by atoms with van der Waals surface area (Å²) in [7, 11) is 0. The number of carbonyl (C=O) groups is 2. The fraction of sp³-hybridized carbons (Fsp3) is 0.385. The number of aliphatic hydroxyl groups is 2. The van der Waals surface area contributed by atoms with Crippen LogP contribution in [0.3, 0.4) is 0 Å². The summed E-state index contributed by atoms with van der Waals surface area (Å²) in [5.74, 6) is -0.411. The first-order valence-corrected chi connectivity index (χ1v) is 6.25. The van der Waals surface area contributed by atoms with Gasteiger partial charge >= 0.3 is 6.03 Å². The lowest BCUT2D eigenvalue weighted by atomic mass is 10.1. The molecule has 0 aromatic heterocycles. The Labute approximate surface area is 116 Å². The summed E-state index contributed by atoms with van der Waals surface area (Å²) in [4.78, 5) is 24.8. The monoisotopic (exact) mass is 279 g/mol. The van der Waals surface area contributed by atoms with Gasteiger partial charge in [-0.2, -0.15) is 0 Å². The van der Waals surface area contributed by atoms with E-state index in [0.29, 0.717) is 5.56 Å². The number of nitrogens with one attached hydrogen (secondary N) is 1. The van der Waals surface area contributed by atoms with Crippen molar-refractivity contribution < 1.29 is 19.8 Å². The minimum atomic E-state index is -0.969. The number of primary amides is 1. The van der Waals surface area contributed by atoms with Gasteiger partial charge in [-0.05, 0) is 5.56 Å². The topological polar surface area (TPSA) is 116 Å². The van der Waals surface area contributed by atoms with E-state index < -0.39 is 30.2 Å². The van der Waals surface area contributed by atoms with Crippen LogP contribution in [-0.4, -0.2) is 52.3 Å². The van der Waals surface area contributed by atoms with Gasteiger partial charge < -0.3 is 26.2 Å². The van der Waals surface area contributed by atoms with Gasteiger partial charge in [0, 0.05) is 13.1 Å². The zero-order valence-corrected chi connectivity index (χ0v) is 10.8. The molecule has 108 valence electrons. The minimum absolute atomic E-state index is 0.0315. The molecular weight excluding hydrogens is 262 g/mol. The molecule has 7 heteroatoms. The molecule has 1 fully saturated rings. The number of likely N-dealkylation sites (tertiary alicyclic amines) is 1. The highest BCUT2D eigenvalue weighted by Crippen LogP contribution is 2.19. The third-order valence-corrected chi connectivity index (χ3v) is 3.24. The number of amides is 3. The first-order chi connectivity index (χ1) is 9.49. The lowest BCUT2D eigenvalue weighted by Crippen LogP contribution is -2.44. The lowest BCUT2D eigenvalue weighted by molar-refractivity contribution is -0.132. The maximum Gasteiger partial charge on any atom is 0.313 e.